The number of rotatable bonds is 6. The number of aromatic nitrogens is 4. The highest BCUT2D eigenvalue weighted by atomic mass is 32.1. The highest BCUT2D eigenvalue weighted by molar-refractivity contribution is 7.22. The third kappa shape index (κ3) is 5.54. The Kier molecular flexibility index (Phi) is 7.60. The van der Waals surface area contributed by atoms with Gasteiger partial charge in [0.2, 0.25) is 0 Å². The quantitative estimate of drug-likeness (QED) is 0.170. The number of hydrogen-bond acceptors (Lipinski definition) is 6. The van der Waals surface area contributed by atoms with Gasteiger partial charge in [-0.3, -0.25) is 0 Å². The fourth-order valence-electron chi connectivity index (χ4n) is 7.66. The van der Waals surface area contributed by atoms with E-state index in [1.807, 2.05) is 54.6 Å². The van der Waals surface area contributed by atoms with Crippen LogP contribution >= 0.6 is 11.3 Å². The Labute approximate surface area is 326 Å². The van der Waals surface area contributed by atoms with E-state index in [9.17, 15) is 0 Å². The van der Waals surface area contributed by atoms with Crippen LogP contribution < -0.4 is 0 Å². The van der Waals surface area contributed by atoms with Crippen molar-refractivity contribution in [3.63, 3.8) is 0 Å². The average molecular weight is 735 g/mol. The first-order valence-corrected chi connectivity index (χ1v) is 19.4. The largest absolute Gasteiger partial charge is 0.455 e. The van der Waals surface area contributed by atoms with Gasteiger partial charge in [0.15, 0.2) is 17.5 Å². The molecule has 0 fully saturated rings. The van der Waals surface area contributed by atoms with Crippen molar-refractivity contribution in [3.8, 4) is 67.0 Å². The highest BCUT2D eigenvalue weighted by Crippen LogP contribution is 2.45. The summed E-state index contributed by atoms with van der Waals surface area (Å²) in [5, 5.41) is 5.44. The van der Waals surface area contributed by atoms with Crippen molar-refractivity contribution in [2.45, 2.75) is 0 Å². The van der Waals surface area contributed by atoms with Crippen molar-refractivity contribution in [1.82, 2.24) is 19.9 Å². The van der Waals surface area contributed by atoms with Crippen molar-refractivity contribution in [1.29, 1.82) is 0 Å². The van der Waals surface area contributed by atoms with Crippen molar-refractivity contribution in [3.05, 3.63) is 182 Å². The molecule has 0 saturated heterocycles. The van der Waals surface area contributed by atoms with Crippen molar-refractivity contribution in [2.24, 2.45) is 0 Å². The summed E-state index contributed by atoms with van der Waals surface area (Å²) in [5.41, 5.74) is 10.7. The molecule has 0 aliphatic carbocycles. The molecule has 6 heteroatoms. The van der Waals surface area contributed by atoms with Crippen molar-refractivity contribution in [2.75, 3.05) is 0 Å². The second kappa shape index (κ2) is 13.2. The van der Waals surface area contributed by atoms with E-state index in [0.717, 1.165) is 87.1 Å². The molecule has 0 spiro atoms. The minimum absolute atomic E-state index is 0.590. The maximum absolute atomic E-state index is 6.68. The number of hydrogen-bond donors (Lipinski definition) is 0. The van der Waals surface area contributed by atoms with E-state index in [0.29, 0.717) is 17.5 Å². The molecule has 11 aromatic rings. The number of para-hydroxylation sites is 1. The molecule has 3 heterocycles. The molecule has 0 atom stereocenters. The van der Waals surface area contributed by atoms with Crippen LogP contribution in [0.1, 0.15) is 0 Å². The summed E-state index contributed by atoms with van der Waals surface area (Å²) in [4.78, 5) is 20.6. The third-order valence-electron chi connectivity index (χ3n) is 10.3. The number of benzene rings is 8. The van der Waals surface area contributed by atoms with E-state index in [1.54, 1.807) is 11.3 Å². The van der Waals surface area contributed by atoms with Gasteiger partial charge in [-0.15, -0.1) is 11.3 Å². The summed E-state index contributed by atoms with van der Waals surface area (Å²) in [6.45, 7) is 0. The molecule has 0 bridgehead atoms. The van der Waals surface area contributed by atoms with Gasteiger partial charge in [0.1, 0.15) is 16.2 Å². The van der Waals surface area contributed by atoms with Crippen LogP contribution in [0.15, 0.2) is 186 Å². The Bertz CT molecular complexity index is 3250. The van der Waals surface area contributed by atoms with Crippen LogP contribution in [-0.2, 0) is 0 Å². The van der Waals surface area contributed by atoms with Crippen LogP contribution in [-0.4, -0.2) is 19.9 Å². The fraction of sp³-hybridized carbons (Fsp3) is 0. The molecule has 0 aliphatic rings. The molecule has 0 unspecified atom stereocenters. The van der Waals surface area contributed by atoms with Crippen LogP contribution in [0.4, 0.5) is 0 Å². The van der Waals surface area contributed by atoms with Gasteiger partial charge in [0, 0.05) is 38.6 Å². The summed E-state index contributed by atoms with van der Waals surface area (Å²) in [7, 11) is 0. The molecule has 3 aromatic heterocycles. The molecule has 0 aliphatic heterocycles. The number of furan rings is 1. The van der Waals surface area contributed by atoms with E-state index < -0.39 is 0 Å². The molecule has 8 aromatic carbocycles. The van der Waals surface area contributed by atoms with Crippen LogP contribution in [0.5, 0.6) is 0 Å². The molecule has 0 radical (unpaired) electrons. The second-order valence-corrected chi connectivity index (χ2v) is 14.8. The second-order valence-electron chi connectivity index (χ2n) is 13.8. The van der Waals surface area contributed by atoms with E-state index >= 15 is 0 Å². The van der Waals surface area contributed by atoms with E-state index in [4.69, 9.17) is 24.4 Å². The Hall–Kier alpha value is -7.28. The van der Waals surface area contributed by atoms with Gasteiger partial charge in [0.25, 0.3) is 0 Å². The predicted octanol–water partition coefficient (Wildman–Crippen LogP) is 13.5. The van der Waals surface area contributed by atoms with E-state index in [1.165, 1.54) is 5.39 Å². The van der Waals surface area contributed by atoms with Crippen LogP contribution in [0.3, 0.4) is 0 Å². The molecular weight excluding hydrogens is 705 g/mol. The normalized spacial score (nSPS) is 11.6. The molecule has 11 rings (SSSR count). The van der Waals surface area contributed by atoms with Crippen LogP contribution in [0.25, 0.3) is 110 Å². The fourth-order valence-corrected chi connectivity index (χ4v) is 8.77. The minimum atomic E-state index is 0.590. The van der Waals surface area contributed by atoms with Crippen molar-refractivity contribution < 1.29 is 4.42 Å². The van der Waals surface area contributed by atoms with Gasteiger partial charge in [-0.2, -0.15) is 0 Å². The lowest BCUT2D eigenvalue weighted by molar-refractivity contribution is 0.670. The zero-order valence-electron chi connectivity index (χ0n) is 29.9. The first-order valence-electron chi connectivity index (χ1n) is 18.5. The minimum Gasteiger partial charge on any atom is -0.455 e. The van der Waals surface area contributed by atoms with Crippen LogP contribution in [0.2, 0.25) is 0 Å². The summed E-state index contributed by atoms with van der Waals surface area (Å²) < 4.78 is 7.80. The zero-order chi connectivity index (χ0) is 37.0. The lowest BCUT2D eigenvalue weighted by Gasteiger charge is -2.13. The summed E-state index contributed by atoms with van der Waals surface area (Å²) >= 11 is 1.70. The maximum Gasteiger partial charge on any atom is 0.164 e. The molecular formula is C50H30N4OS. The SMILES string of the molecule is c1ccc(-c2nc(-c3cccc(-c4cc5nc(-c6ccccc6)sc5c5c4oc4ccccc45)c3)nc(-c3cc(-c4ccccc4)c4ccccc4c3)n2)cc1. The van der Waals surface area contributed by atoms with Gasteiger partial charge in [-0.05, 0) is 57.8 Å². The van der Waals surface area contributed by atoms with Gasteiger partial charge in [-0.1, -0.05) is 152 Å². The van der Waals surface area contributed by atoms with Gasteiger partial charge in [-0.25, -0.2) is 19.9 Å². The van der Waals surface area contributed by atoms with E-state index in [2.05, 4.69) is 127 Å². The number of fused-ring (bicyclic) bond motifs is 6. The predicted molar refractivity (Wildman–Crippen MR) is 230 cm³/mol. The maximum atomic E-state index is 6.68. The number of thiazole rings is 1. The molecule has 262 valence electrons. The molecule has 5 nitrogen and oxygen atoms in total. The van der Waals surface area contributed by atoms with E-state index in [-0.39, 0.29) is 0 Å². The topological polar surface area (TPSA) is 64.7 Å². The summed E-state index contributed by atoms with van der Waals surface area (Å²) in [6, 6.07) is 62.7. The molecule has 0 saturated carbocycles. The van der Waals surface area contributed by atoms with Gasteiger partial charge >= 0.3 is 0 Å². The van der Waals surface area contributed by atoms with Gasteiger partial charge in [0.05, 0.1) is 10.2 Å². The van der Waals surface area contributed by atoms with Gasteiger partial charge < -0.3 is 4.42 Å². The Morgan fingerprint density at radius 3 is 1.75 bits per heavy atom. The molecule has 0 N–H and O–H groups in total. The average Bonchev–Trinajstić information content (AvgIpc) is 3.89. The first-order chi connectivity index (χ1) is 27.7. The Morgan fingerprint density at radius 2 is 0.982 bits per heavy atom. The first kappa shape index (κ1) is 32.2. The Balaban J connectivity index is 1.11. The number of nitrogens with zero attached hydrogens (tertiary/aromatic N) is 4. The highest BCUT2D eigenvalue weighted by Gasteiger charge is 2.21. The van der Waals surface area contributed by atoms with Crippen LogP contribution in [0, 0.1) is 0 Å². The summed E-state index contributed by atoms with van der Waals surface area (Å²) in [5.74, 6) is 1.81. The monoisotopic (exact) mass is 734 g/mol. The van der Waals surface area contributed by atoms with Crippen molar-refractivity contribution >= 4 is 54.3 Å². The Morgan fingerprint density at radius 1 is 0.393 bits per heavy atom. The smallest absolute Gasteiger partial charge is 0.164 e. The molecule has 0 amide bonds. The molecule has 56 heavy (non-hydrogen) atoms. The standard InChI is InChI=1S/C50H30N4OS/c1-4-15-31(16-5-1)40-29-37(28-34-21-10-11-24-38(34)40)49-53-47(32-17-6-2-7-18-32)52-48(54-49)36-23-14-22-35(27-36)41-30-42-46(56-50(51-42)33-19-8-3-9-20-33)44-39-25-12-13-26-43(39)55-45(41)44/h1-30H. The lowest BCUT2D eigenvalue weighted by Crippen LogP contribution is -2.00. The lowest BCUT2D eigenvalue weighted by atomic mass is 9.95. The third-order valence-corrected chi connectivity index (χ3v) is 11.5. The summed E-state index contributed by atoms with van der Waals surface area (Å²) in [6.07, 6.45) is 0. The zero-order valence-corrected chi connectivity index (χ0v) is 30.7.